The van der Waals surface area contributed by atoms with Crippen LogP contribution in [-0.4, -0.2) is 34.8 Å². The molecule has 0 aliphatic carbocycles. The van der Waals surface area contributed by atoms with Crippen molar-refractivity contribution in [1.29, 1.82) is 0 Å². The van der Waals surface area contributed by atoms with Crippen molar-refractivity contribution in [2.24, 2.45) is 10.7 Å². The summed E-state index contributed by atoms with van der Waals surface area (Å²) >= 11 is 0. The van der Waals surface area contributed by atoms with Gasteiger partial charge < -0.3 is 15.7 Å². The van der Waals surface area contributed by atoms with Gasteiger partial charge in [-0.1, -0.05) is 12.0 Å². The SMILES string of the molecule is CCC(O)(N1CN=C(N)O1)C(F)(F)F. The Labute approximate surface area is 77.9 Å². The number of amidine groups is 1. The number of hydroxylamine groups is 2. The first-order chi connectivity index (χ1) is 6.31. The highest BCUT2D eigenvalue weighted by Gasteiger charge is 2.59. The minimum absolute atomic E-state index is 0.308. The Morgan fingerprint density at radius 3 is 2.50 bits per heavy atom. The Bertz CT molecular complexity index is 255. The summed E-state index contributed by atoms with van der Waals surface area (Å²) in [7, 11) is 0. The van der Waals surface area contributed by atoms with E-state index in [0.717, 1.165) is 0 Å². The second kappa shape index (κ2) is 3.28. The molecule has 0 aromatic carbocycles. The van der Waals surface area contributed by atoms with Crippen LogP contribution in [0.25, 0.3) is 0 Å². The smallest absolute Gasteiger partial charge is 0.365 e. The van der Waals surface area contributed by atoms with Crippen molar-refractivity contribution in [2.45, 2.75) is 25.2 Å². The summed E-state index contributed by atoms with van der Waals surface area (Å²) in [6.07, 6.45) is -5.39. The van der Waals surface area contributed by atoms with Crippen LogP contribution < -0.4 is 5.73 Å². The second-order valence-corrected chi connectivity index (χ2v) is 2.78. The Morgan fingerprint density at radius 2 is 2.21 bits per heavy atom. The molecule has 1 atom stereocenters. The lowest BCUT2D eigenvalue weighted by molar-refractivity contribution is -0.368. The van der Waals surface area contributed by atoms with Crippen molar-refractivity contribution in [3.8, 4) is 0 Å². The highest BCUT2D eigenvalue weighted by molar-refractivity contribution is 5.72. The zero-order valence-corrected chi connectivity index (χ0v) is 7.38. The number of hydrogen-bond acceptors (Lipinski definition) is 5. The molecule has 1 unspecified atom stereocenters. The van der Waals surface area contributed by atoms with Crippen molar-refractivity contribution < 1.29 is 23.1 Å². The number of aliphatic hydroxyl groups is 1. The summed E-state index contributed by atoms with van der Waals surface area (Å²) < 4.78 is 37.3. The summed E-state index contributed by atoms with van der Waals surface area (Å²) in [5.74, 6) is 0. The number of rotatable bonds is 2. The van der Waals surface area contributed by atoms with E-state index in [4.69, 9.17) is 5.73 Å². The predicted molar refractivity (Wildman–Crippen MR) is 40.7 cm³/mol. The monoisotopic (exact) mass is 213 g/mol. The average Bonchev–Trinajstić information content (AvgIpc) is 2.48. The molecule has 1 aliphatic rings. The van der Waals surface area contributed by atoms with E-state index >= 15 is 0 Å². The largest absolute Gasteiger partial charge is 0.434 e. The van der Waals surface area contributed by atoms with Gasteiger partial charge in [-0.2, -0.15) is 13.2 Å². The van der Waals surface area contributed by atoms with Crippen LogP contribution >= 0.6 is 0 Å². The number of alkyl halides is 3. The van der Waals surface area contributed by atoms with Gasteiger partial charge in [-0.25, -0.2) is 4.99 Å². The second-order valence-electron chi connectivity index (χ2n) is 2.78. The third kappa shape index (κ3) is 1.62. The number of nitrogens with zero attached hydrogens (tertiary/aromatic N) is 2. The van der Waals surface area contributed by atoms with Crippen LogP contribution in [0.4, 0.5) is 13.2 Å². The summed E-state index contributed by atoms with van der Waals surface area (Å²) in [5.41, 5.74) is 1.98. The van der Waals surface area contributed by atoms with Crippen LogP contribution in [0.15, 0.2) is 4.99 Å². The first-order valence-corrected chi connectivity index (χ1v) is 3.86. The zero-order chi connectivity index (χ0) is 11.0. The van der Waals surface area contributed by atoms with Crippen molar-refractivity contribution >= 4 is 6.02 Å². The maximum atomic E-state index is 12.4. The summed E-state index contributed by atoms with van der Waals surface area (Å²) in [6.45, 7) is 0.751. The summed E-state index contributed by atoms with van der Waals surface area (Å²) in [4.78, 5) is 7.82. The molecule has 0 amide bonds. The number of halogens is 3. The minimum Gasteiger partial charge on any atom is -0.365 e. The molecule has 3 N–H and O–H groups in total. The Kier molecular flexibility index (Phi) is 2.59. The lowest BCUT2D eigenvalue weighted by Crippen LogP contribution is -2.57. The molecule has 0 bridgehead atoms. The highest BCUT2D eigenvalue weighted by Crippen LogP contribution is 2.36. The highest BCUT2D eigenvalue weighted by atomic mass is 19.4. The zero-order valence-electron chi connectivity index (χ0n) is 7.38. The van der Waals surface area contributed by atoms with E-state index in [1.165, 1.54) is 6.92 Å². The van der Waals surface area contributed by atoms with E-state index in [1.807, 2.05) is 0 Å². The van der Waals surface area contributed by atoms with Gasteiger partial charge in [0.05, 0.1) is 0 Å². The summed E-state index contributed by atoms with van der Waals surface area (Å²) in [5, 5.41) is 9.63. The molecule has 1 rings (SSSR count). The van der Waals surface area contributed by atoms with Gasteiger partial charge in [0.2, 0.25) is 5.72 Å². The molecule has 8 heteroatoms. The van der Waals surface area contributed by atoms with Crippen LogP contribution in [0.2, 0.25) is 0 Å². The maximum absolute atomic E-state index is 12.4. The number of aliphatic imine (C=N–C) groups is 1. The van der Waals surface area contributed by atoms with E-state index in [2.05, 4.69) is 9.83 Å². The molecule has 1 aliphatic heterocycles. The molecule has 0 saturated carbocycles. The number of nitrogens with two attached hydrogens (primary N) is 1. The van der Waals surface area contributed by atoms with Gasteiger partial charge in [0.1, 0.15) is 6.67 Å². The van der Waals surface area contributed by atoms with Gasteiger partial charge in [-0.05, 0) is 6.42 Å². The van der Waals surface area contributed by atoms with Gasteiger partial charge in [0.15, 0.2) is 0 Å². The Morgan fingerprint density at radius 1 is 1.64 bits per heavy atom. The van der Waals surface area contributed by atoms with E-state index in [-0.39, 0.29) is 6.02 Å². The van der Waals surface area contributed by atoms with Gasteiger partial charge in [-0.3, -0.25) is 0 Å². The van der Waals surface area contributed by atoms with E-state index < -0.39 is 25.0 Å². The first-order valence-electron chi connectivity index (χ1n) is 3.86. The third-order valence-corrected chi connectivity index (χ3v) is 1.92. The molecule has 0 radical (unpaired) electrons. The molecule has 14 heavy (non-hydrogen) atoms. The molecular formula is C6H10F3N3O2. The standard InChI is InChI=1S/C6H10F3N3O2/c1-2-5(13,6(7,8)9)12-3-11-4(10)14-12/h13H,2-3H2,1H3,(H2,10,11). The quantitative estimate of drug-likeness (QED) is 0.685. The normalized spacial score (nSPS) is 22.8. The van der Waals surface area contributed by atoms with Crippen LogP contribution in [0.3, 0.4) is 0 Å². The molecule has 0 saturated heterocycles. The van der Waals surface area contributed by atoms with Gasteiger partial charge in [0.25, 0.3) is 0 Å². The molecule has 1 heterocycles. The molecule has 0 fully saturated rings. The number of hydrogen-bond donors (Lipinski definition) is 2. The third-order valence-electron chi connectivity index (χ3n) is 1.92. The lowest BCUT2D eigenvalue weighted by atomic mass is 10.1. The molecule has 5 nitrogen and oxygen atoms in total. The fourth-order valence-electron chi connectivity index (χ4n) is 1.02. The molecule has 82 valence electrons. The van der Waals surface area contributed by atoms with Crippen LogP contribution in [0, 0.1) is 0 Å². The lowest BCUT2D eigenvalue weighted by Gasteiger charge is -2.34. The van der Waals surface area contributed by atoms with Crippen molar-refractivity contribution in [3.05, 3.63) is 0 Å². The fraction of sp³-hybridized carbons (Fsp3) is 0.833. The van der Waals surface area contributed by atoms with E-state index in [1.54, 1.807) is 0 Å². The topological polar surface area (TPSA) is 71.1 Å². The molecule has 0 aromatic heterocycles. The first kappa shape index (κ1) is 11.1. The van der Waals surface area contributed by atoms with Gasteiger partial charge >= 0.3 is 12.2 Å². The van der Waals surface area contributed by atoms with Crippen molar-refractivity contribution in [1.82, 2.24) is 5.06 Å². The molecule has 0 aromatic rings. The summed E-state index contributed by atoms with van der Waals surface area (Å²) in [6, 6.07) is -0.388. The van der Waals surface area contributed by atoms with Crippen LogP contribution in [-0.2, 0) is 4.84 Å². The van der Waals surface area contributed by atoms with Gasteiger partial charge in [0, 0.05) is 0 Å². The fourth-order valence-corrected chi connectivity index (χ4v) is 1.02. The van der Waals surface area contributed by atoms with E-state index in [9.17, 15) is 18.3 Å². The minimum atomic E-state index is -4.82. The van der Waals surface area contributed by atoms with Crippen molar-refractivity contribution in [3.63, 3.8) is 0 Å². The van der Waals surface area contributed by atoms with Gasteiger partial charge in [-0.15, -0.1) is 0 Å². The Hall–Kier alpha value is -1.02. The van der Waals surface area contributed by atoms with Crippen LogP contribution in [0.5, 0.6) is 0 Å². The Balaban J connectivity index is 2.82. The van der Waals surface area contributed by atoms with E-state index in [0.29, 0.717) is 5.06 Å². The molecule has 0 spiro atoms. The maximum Gasteiger partial charge on any atom is 0.434 e. The molecular weight excluding hydrogens is 203 g/mol. The average molecular weight is 213 g/mol. The van der Waals surface area contributed by atoms with Crippen LogP contribution in [0.1, 0.15) is 13.3 Å². The predicted octanol–water partition coefficient (Wildman–Crippen LogP) is 0.167. The van der Waals surface area contributed by atoms with Crippen molar-refractivity contribution in [2.75, 3.05) is 6.67 Å².